The van der Waals surface area contributed by atoms with Gasteiger partial charge in [0.25, 0.3) is 0 Å². The molecule has 8 heteroatoms. The number of halogens is 2. The molecule has 2 saturated heterocycles. The first-order valence-corrected chi connectivity index (χ1v) is 10.7. The second-order valence-corrected chi connectivity index (χ2v) is 8.76. The SMILES string of the molecule is CN=C(NC1CCN(c2ncccc2F)C1)NC1C2CCOC2C12CCCC2.I. The molecule has 0 amide bonds. The molecule has 29 heavy (non-hydrogen) atoms. The molecule has 160 valence electrons. The molecule has 4 atom stereocenters. The highest BCUT2D eigenvalue weighted by Crippen LogP contribution is 2.60. The summed E-state index contributed by atoms with van der Waals surface area (Å²) in [5.74, 6) is 1.68. The Kier molecular flexibility index (Phi) is 6.20. The number of anilines is 1. The minimum Gasteiger partial charge on any atom is -0.377 e. The molecule has 0 aromatic carbocycles. The molecule has 2 aliphatic carbocycles. The van der Waals surface area contributed by atoms with Crippen molar-refractivity contribution in [3.63, 3.8) is 0 Å². The van der Waals surface area contributed by atoms with Crippen LogP contribution in [0.3, 0.4) is 0 Å². The number of rotatable bonds is 3. The lowest BCUT2D eigenvalue weighted by Gasteiger charge is -2.57. The van der Waals surface area contributed by atoms with Gasteiger partial charge in [-0.2, -0.15) is 0 Å². The number of guanidine groups is 1. The molecule has 4 unspecified atom stereocenters. The van der Waals surface area contributed by atoms with Gasteiger partial charge >= 0.3 is 0 Å². The average Bonchev–Trinajstić information content (AvgIpc) is 3.45. The monoisotopic (exact) mass is 515 g/mol. The number of hydrogen-bond donors (Lipinski definition) is 2. The summed E-state index contributed by atoms with van der Waals surface area (Å²) in [5, 5.41) is 7.33. The lowest BCUT2D eigenvalue weighted by atomic mass is 9.54. The van der Waals surface area contributed by atoms with E-state index in [2.05, 4.69) is 20.6 Å². The van der Waals surface area contributed by atoms with E-state index >= 15 is 0 Å². The molecule has 2 saturated carbocycles. The number of aromatic nitrogens is 1. The predicted molar refractivity (Wildman–Crippen MR) is 122 cm³/mol. The van der Waals surface area contributed by atoms with Crippen molar-refractivity contribution in [2.24, 2.45) is 16.3 Å². The maximum Gasteiger partial charge on any atom is 0.191 e. The van der Waals surface area contributed by atoms with Crippen LogP contribution in [-0.2, 0) is 4.74 Å². The van der Waals surface area contributed by atoms with Gasteiger partial charge in [-0.05, 0) is 37.8 Å². The number of hydrogen-bond acceptors (Lipinski definition) is 4. The zero-order valence-electron chi connectivity index (χ0n) is 16.9. The van der Waals surface area contributed by atoms with Gasteiger partial charge in [-0.1, -0.05) is 12.8 Å². The van der Waals surface area contributed by atoms with E-state index in [-0.39, 0.29) is 35.8 Å². The van der Waals surface area contributed by atoms with Crippen molar-refractivity contribution in [2.75, 3.05) is 31.6 Å². The summed E-state index contributed by atoms with van der Waals surface area (Å²) in [6.45, 7) is 2.43. The Morgan fingerprint density at radius 2 is 2.14 bits per heavy atom. The van der Waals surface area contributed by atoms with Gasteiger partial charge < -0.3 is 20.3 Å². The average molecular weight is 515 g/mol. The fourth-order valence-electron chi connectivity index (χ4n) is 6.10. The van der Waals surface area contributed by atoms with E-state index in [1.807, 2.05) is 11.9 Å². The van der Waals surface area contributed by atoms with E-state index in [1.165, 1.54) is 31.7 Å². The van der Waals surface area contributed by atoms with Crippen LogP contribution in [0.2, 0.25) is 0 Å². The third kappa shape index (κ3) is 3.60. The van der Waals surface area contributed by atoms with Crippen LogP contribution >= 0.6 is 24.0 Å². The molecule has 1 spiro atoms. The first-order valence-electron chi connectivity index (χ1n) is 10.7. The molecule has 1 aromatic rings. The normalized spacial score (nSPS) is 32.6. The summed E-state index contributed by atoms with van der Waals surface area (Å²) in [7, 11) is 1.84. The third-order valence-corrected chi connectivity index (χ3v) is 7.37. The van der Waals surface area contributed by atoms with Crippen molar-refractivity contribution in [1.82, 2.24) is 15.6 Å². The summed E-state index contributed by atoms with van der Waals surface area (Å²) in [5.41, 5.74) is 0.303. The molecule has 1 aromatic heterocycles. The molecule has 4 aliphatic rings. The van der Waals surface area contributed by atoms with Crippen LogP contribution in [0.25, 0.3) is 0 Å². The minimum absolute atomic E-state index is 0. The Labute approximate surface area is 189 Å². The quantitative estimate of drug-likeness (QED) is 0.369. The predicted octanol–water partition coefficient (Wildman–Crippen LogP) is 2.93. The standard InChI is InChI=1S/C21H30FN5O.HI/c1-23-20(25-14-6-11-27(13-14)19-16(22)5-4-10-24-19)26-17-15-7-12-28-18(15)21(17)8-2-3-9-21;/h4-5,10,14-15,17-18H,2-3,6-9,11-13H2,1H3,(H2,23,25,26);1H. The highest BCUT2D eigenvalue weighted by molar-refractivity contribution is 14.0. The Morgan fingerprint density at radius 1 is 1.31 bits per heavy atom. The summed E-state index contributed by atoms with van der Waals surface area (Å²) < 4.78 is 20.1. The van der Waals surface area contributed by atoms with Crippen molar-refractivity contribution in [3.05, 3.63) is 24.1 Å². The summed E-state index contributed by atoms with van der Waals surface area (Å²) in [6, 6.07) is 3.80. The topological polar surface area (TPSA) is 61.8 Å². The zero-order chi connectivity index (χ0) is 19.1. The van der Waals surface area contributed by atoms with Gasteiger partial charge in [-0.15, -0.1) is 24.0 Å². The number of nitrogens with one attached hydrogen (secondary N) is 2. The lowest BCUT2D eigenvalue weighted by Crippen LogP contribution is -2.69. The molecule has 2 N–H and O–H groups in total. The summed E-state index contributed by atoms with van der Waals surface area (Å²) in [4.78, 5) is 10.7. The van der Waals surface area contributed by atoms with E-state index in [0.29, 0.717) is 29.3 Å². The van der Waals surface area contributed by atoms with Crippen molar-refractivity contribution in [2.45, 2.75) is 56.7 Å². The Balaban J connectivity index is 0.00000205. The van der Waals surface area contributed by atoms with E-state index in [9.17, 15) is 4.39 Å². The van der Waals surface area contributed by atoms with E-state index in [4.69, 9.17) is 4.74 Å². The number of pyridine rings is 1. The maximum absolute atomic E-state index is 14.0. The van der Waals surface area contributed by atoms with Crippen molar-refractivity contribution in [1.29, 1.82) is 0 Å². The van der Waals surface area contributed by atoms with Gasteiger partial charge in [0.2, 0.25) is 0 Å². The van der Waals surface area contributed by atoms with Gasteiger partial charge in [-0.3, -0.25) is 4.99 Å². The van der Waals surface area contributed by atoms with Crippen molar-refractivity contribution < 1.29 is 9.13 Å². The molecular formula is C21H31FIN5O. The molecule has 2 aliphatic heterocycles. The second kappa shape index (κ2) is 8.53. The molecule has 0 bridgehead atoms. The lowest BCUT2D eigenvalue weighted by molar-refractivity contribution is -0.125. The molecule has 6 nitrogen and oxygen atoms in total. The first kappa shape index (κ1) is 21.1. The zero-order valence-corrected chi connectivity index (χ0v) is 19.3. The summed E-state index contributed by atoms with van der Waals surface area (Å²) >= 11 is 0. The summed E-state index contributed by atoms with van der Waals surface area (Å²) in [6.07, 6.45) is 9.34. The molecule has 3 heterocycles. The Morgan fingerprint density at radius 3 is 2.90 bits per heavy atom. The fourth-order valence-corrected chi connectivity index (χ4v) is 6.10. The molecule has 4 fully saturated rings. The molecular weight excluding hydrogens is 484 g/mol. The van der Waals surface area contributed by atoms with Crippen LogP contribution in [0.5, 0.6) is 0 Å². The van der Waals surface area contributed by atoms with Crippen LogP contribution in [0.1, 0.15) is 38.5 Å². The highest BCUT2D eigenvalue weighted by Gasteiger charge is 2.65. The van der Waals surface area contributed by atoms with Crippen molar-refractivity contribution >= 4 is 35.8 Å². The third-order valence-electron chi connectivity index (χ3n) is 7.37. The van der Waals surface area contributed by atoms with Crippen LogP contribution < -0.4 is 15.5 Å². The van der Waals surface area contributed by atoms with Gasteiger partial charge in [0, 0.05) is 56.4 Å². The van der Waals surface area contributed by atoms with Crippen LogP contribution in [-0.4, -0.2) is 55.9 Å². The van der Waals surface area contributed by atoms with Gasteiger partial charge in [0.1, 0.15) is 0 Å². The number of nitrogens with zero attached hydrogens (tertiary/aromatic N) is 3. The fraction of sp³-hybridized carbons (Fsp3) is 0.714. The van der Waals surface area contributed by atoms with E-state index in [1.54, 1.807) is 12.3 Å². The number of ether oxygens (including phenoxy) is 1. The van der Waals surface area contributed by atoms with Gasteiger partial charge in [0.05, 0.1) is 6.10 Å². The second-order valence-electron chi connectivity index (χ2n) is 8.76. The maximum atomic E-state index is 14.0. The van der Waals surface area contributed by atoms with Gasteiger partial charge in [-0.25, -0.2) is 9.37 Å². The van der Waals surface area contributed by atoms with Gasteiger partial charge in [0.15, 0.2) is 17.6 Å². The largest absolute Gasteiger partial charge is 0.377 e. The van der Waals surface area contributed by atoms with Crippen LogP contribution in [0.4, 0.5) is 10.2 Å². The molecule has 0 radical (unpaired) electrons. The van der Waals surface area contributed by atoms with E-state index < -0.39 is 0 Å². The number of fused-ring (bicyclic) bond motifs is 2. The smallest absolute Gasteiger partial charge is 0.191 e. The molecule has 5 rings (SSSR count). The minimum atomic E-state index is -0.254. The highest BCUT2D eigenvalue weighted by atomic mass is 127. The Hall–Kier alpha value is -1.16. The van der Waals surface area contributed by atoms with Crippen LogP contribution in [0, 0.1) is 17.2 Å². The van der Waals surface area contributed by atoms with Crippen LogP contribution in [0.15, 0.2) is 23.3 Å². The van der Waals surface area contributed by atoms with Crippen molar-refractivity contribution in [3.8, 4) is 0 Å². The number of aliphatic imine (C=N–C) groups is 1. The Bertz CT molecular complexity index is 756. The first-order chi connectivity index (χ1) is 13.7. The van der Waals surface area contributed by atoms with E-state index in [0.717, 1.165) is 38.5 Å².